The van der Waals surface area contributed by atoms with Gasteiger partial charge >= 0.3 is 5.97 Å². The predicted octanol–water partition coefficient (Wildman–Crippen LogP) is 3.91. The second-order valence-corrected chi connectivity index (χ2v) is 6.45. The van der Waals surface area contributed by atoms with E-state index in [1.807, 2.05) is 24.3 Å². The number of imidazole rings is 1. The number of aromatic nitrogens is 2. The molecule has 0 bridgehead atoms. The lowest BCUT2D eigenvalue weighted by molar-refractivity contribution is -0.153. The maximum Gasteiger partial charge on any atom is 0.326 e. The molecule has 1 amide bonds. The van der Waals surface area contributed by atoms with Crippen LogP contribution in [0, 0.1) is 0 Å². The highest BCUT2D eigenvalue weighted by Crippen LogP contribution is 2.25. The summed E-state index contributed by atoms with van der Waals surface area (Å²) in [6.07, 6.45) is 0.577. The Hall–Kier alpha value is -2.57. The zero-order valence-electron chi connectivity index (χ0n) is 13.8. The fourth-order valence-electron chi connectivity index (χ4n) is 2.39. The number of anilines is 1. The molecule has 0 aliphatic heterocycles. The average Bonchev–Trinajstić information content (AvgIpc) is 3.00. The molecule has 0 aliphatic rings. The number of halogens is 2. The van der Waals surface area contributed by atoms with Crippen molar-refractivity contribution >= 4 is 51.8 Å². The number of nitrogens with one attached hydrogen (secondary N) is 1. The summed E-state index contributed by atoms with van der Waals surface area (Å²) in [7, 11) is 0. The van der Waals surface area contributed by atoms with Gasteiger partial charge in [0.05, 0.1) is 28.1 Å². The summed E-state index contributed by atoms with van der Waals surface area (Å²) in [5.41, 5.74) is 1.99. The molecule has 3 aromatic rings. The molecule has 26 heavy (non-hydrogen) atoms. The molecule has 0 radical (unpaired) electrons. The third kappa shape index (κ3) is 4.15. The third-order valence-corrected chi connectivity index (χ3v) is 4.24. The lowest BCUT2D eigenvalue weighted by Crippen LogP contribution is -2.31. The summed E-state index contributed by atoms with van der Waals surface area (Å²) >= 11 is 11.8. The van der Waals surface area contributed by atoms with Gasteiger partial charge in [-0.15, -0.1) is 0 Å². The summed E-state index contributed by atoms with van der Waals surface area (Å²) in [4.78, 5) is 28.5. The number of benzene rings is 2. The lowest BCUT2D eigenvalue weighted by Gasteiger charge is -2.14. The number of fused-ring (bicyclic) bond motifs is 1. The molecule has 134 valence electrons. The molecule has 1 heterocycles. The second-order valence-electron chi connectivity index (χ2n) is 5.61. The van der Waals surface area contributed by atoms with Crippen molar-refractivity contribution in [3.05, 3.63) is 58.8 Å². The number of nitrogens with zero attached hydrogens (tertiary/aromatic N) is 2. The SMILES string of the molecule is CC(OC(=O)Cn1cnc2ccccc21)C(=O)Nc1ccc(Cl)cc1Cl. The fraction of sp³-hybridized carbons (Fsp3) is 0.167. The largest absolute Gasteiger partial charge is 0.451 e. The first-order valence-electron chi connectivity index (χ1n) is 7.79. The summed E-state index contributed by atoms with van der Waals surface area (Å²) in [6.45, 7) is 1.45. The highest BCUT2D eigenvalue weighted by molar-refractivity contribution is 6.36. The number of carbonyl (C=O) groups excluding carboxylic acids is 2. The lowest BCUT2D eigenvalue weighted by atomic mass is 10.3. The van der Waals surface area contributed by atoms with Gasteiger partial charge in [-0.3, -0.25) is 9.59 Å². The predicted molar refractivity (Wildman–Crippen MR) is 100 cm³/mol. The van der Waals surface area contributed by atoms with E-state index in [9.17, 15) is 9.59 Å². The van der Waals surface area contributed by atoms with E-state index in [0.29, 0.717) is 15.7 Å². The van der Waals surface area contributed by atoms with E-state index in [1.165, 1.54) is 13.0 Å². The summed E-state index contributed by atoms with van der Waals surface area (Å²) in [5, 5.41) is 3.36. The number of hydrogen-bond donors (Lipinski definition) is 1. The van der Waals surface area contributed by atoms with Crippen LogP contribution in [0.3, 0.4) is 0 Å². The quantitative estimate of drug-likeness (QED) is 0.669. The van der Waals surface area contributed by atoms with Gasteiger partial charge in [-0.05, 0) is 37.3 Å². The molecular formula is C18H15Cl2N3O3. The van der Waals surface area contributed by atoms with Gasteiger partial charge in [-0.2, -0.15) is 0 Å². The first-order chi connectivity index (χ1) is 12.4. The number of ether oxygens (including phenoxy) is 1. The Balaban J connectivity index is 1.60. The molecule has 8 heteroatoms. The maximum absolute atomic E-state index is 12.2. The van der Waals surface area contributed by atoms with Crippen LogP contribution in [-0.4, -0.2) is 27.5 Å². The van der Waals surface area contributed by atoms with E-state index in [-0.39, 0.29) is 6.54 Å². The first kappa shape index (κ1) is 18.2. The van der Waals surface area contributed by atoms with Crippen molar-refractivity contribution in [2.75, 3.05) is 5.32 Å². The summed E-state index contributed by atoms with van der Waals surface area (Å²) in [6, 6.07) is 12.1. The van der Waals surface area contributed by atoms with Crippen LogP contribution < -0.4 is 5.32 Å². The Kier molecular flexibility index (Phi) is 5.44. The van der Waals surface area contributed by atoms with Crippen LogP contribution in [0.4, 0.5) is 5.69 Å². The Morgan fingerprint density at radius 1 is 1.23 bits per heavy atom. The molecule has 1 atom stereocenters. The number of para-hydroxylation sites is 2. The zero-order valence-corrected chi connectivity index (χ0v) is 15.3. The van der Waals surface area contributed by atoms with Gasteiger partial charge in [0.2, 0.25) is 0 Å². The molecule has 0 fully saturated rings. The van der Waals surface area contributed by atoms with Crippen LogP contribution in [0.15, 0.2) is 48.8 Å². The zero-order chi connectivity index (χ0) is 18.7. The molecule has 1 unspecified atom stereocenters. The third-order valence-electron chi connectivity index (χ3n) is 3.69. The van der Waals surface area contributed by atoms with E-state index >= 15 is 0 Å². The van der Waals surface area contributed by atoms with Gasteiger partial charge in [0.1, 0.15) is 6.54 Å². The van der Waals surface area contributed by atoms with Gasteiger partial charge in [0, 0.05) is 5.02 Å². The van der Waals surface area contributed by atoms with Crippen LogP contribution >= 0.6 is 23.2 Å². The number of rotatable bonds is 5. The Labute approximate surface area is 159 Å². The Morgan fingerprint density at radius 2 is 2.00 bits per heavy atom. The smallest absolute Gasteiger partial charge is 0.326 e. The van der Waals surface area contributed by atoms with Gasteiger partial charge in [0.15, 0.2) is 6.10 Å². The van der Waals surface area contributed by atoms with Crippen LogP contribution in [-0.2, 0) is 20.9 Å². The normalized spacial score (nSPS) is 12.0. The van der Waals surface area contributed by atoms with Gasteiger partial charge in [0.25, 0.3) is 5.91 Å². The number of amides is 1. The van der Waals surface area contributed by atoms with Crippen LogP contribution in [0.2, 0.25) is 10.0 Å². The van der Waals surface area contributed by atoms with Gasteiger partial charge in [-0.1, -0.05) is 35.3 Å². The number of esters is 1. The number of hydrogen-bond acceptors (Lipinski definition) is 4. The summed E-state index contributed by atoms with van der Waals surface area (Å²) in [5.74, 6) is -1.03. The molecule has 3 rings (SSSR count). The average molecular weight is 392 g/mol. The highest BCUT2D eigenvalue weighted by Gasteiger charge is 2.19. The molecular weight excluding hydrogens is 377 g/mol. The van der Waals surface area contributed by atoms with E-state index in [1.54, 1.807) is 23.0 Å². The van der Waals surface area contributed by atoms with Crippen molar-refractivity contribution in [1.82, 2.24) is 9.55 Å². The van der Waals surface area contributed by atoms with Crippen LogP contribution in [0.5, 0.6) is 0 Å². The van der Waals surface area contributed by atoms with Crippen molar-refractivity contribution < 1.29 is 14.3 Å². The topological polar surface area (TPSA) is 73.2 Å². The highest BCUT2D eigenvalue weighted by atomic mass is 35.5. The van der Waals surface area contributed by atoms with Crippen molar-refractivity contribution in [2.45, 2.75) is 19.6 Å². The van der Waals surface area contributed by atoms with E-state index in [2.05, 4.69) is 10.3 Å². The second kappa shape index (κ2) is 7.76. The molecule has 0 spiro atoms. The molecule has 0 saturated heterocycles. The minimum atomic E-state index is -0.982. The summed E-state index contributed by atoms with van der Waals surface area (Å²) < 4.78 is 6.87. The minimum absolute atomic E-state index is 0.0418. The first-order valence-corrected chi connectivity index (χ1v) is 8.55. The van der Waals surface area contributed by atoms with Gasteiger partial charge < -0.3 is 14.6 Å². The standard InChI is InChI=1S/C18H15Cl2N3O3/c1-11(18(25)22-14-7-6-12(19)8-13(14)20)26-17(24)9-23-10-21-15-4-2-3-5-16(15)23/h2-8,10-11H,9H2,1H3,(H,22,25). The maximum atomic E-state index is 12.2. The van der Waals surface area contributed by atoms with E-state index < -0.39 is 18.0 Å². The fourth-order valence-corrected chi connectivity index (χ4v) is 2.84. The minimum Gasteiger partial charge on any atom is -0.451 e. The van der Waals surface area contributed by atoms with Crippen molar-refractivity contribution in [3.63, 3.8) is 0 Å². The van der Waals surface area contributed by atoms with Crippen molar-refractivity contribution in [1.29, 1.82) is 0 Å². The number of carbonyl (C=O) groups is 2. The molecule has 1 aromatic heterocycles. The van der Waals surface area contributed by atoms with E-state index in [4.69, 9.17) is 27.9 Å². The molecule has 6 nitrogen and oxygen atoms in total. The Morgan fingerprint density at radius 3 is 2.77 bits per heavy atom. The van der Waals surface area contributed by atoms with Crippen LogP contribution in [0.25, 0.3) is 11.0 Å². The Bertz CT molecular complexity index is 971. The monoisotopic (exact) mass is 391 g/mol. The van der Waals surface area contributed by atoms with Crippen molar-refractivity contribution in [2.24, 2.45) is 0 Å². The van der Waals surface area contributed by atoms with E-state index in [0.717, 1.165) is 11.0 Å². The molecule has 0 saturated carbocycles. The molecule has 0 aliphatic carbocycles. The van der Waals surface area contributed by atoms with Gasteiger partial charge in [-0.25, -0.2) is 4.98 Å². The molecule has 2 aromatic carbocycles. The molecule has 1 N–H and O–H groups in total. The van der Waals surface area contributed by atoms with Crippen molar-refractivity contribution in [3.8, 4) is 0 Å². The van der Waals surface area contributed by atoms with Crippen LogP contribution in [0.1, 0.15) is 6.92 Å².